The summed E-state index contributed by atoms with van der Waals surface area (Å²) in [6.07, 6.45) is 5.69. The molecule has 3 rings (SSSR count). The lowest BCUT2D eigenvalue weighted by Gasteiger charge is -2.26. The van der Waals surface area contributed by atoms with Gasteiger partial charge in [-0.1, -0.05) is 18.6 Å². The topological polar surface area (TPSA) is 86.7 Å². The molecule has 0 atom stereocenters. The molecule has 30 heavy (non-hydrogen) atoms. The summed E-state index contributed by atoms with van der Waals surface area (Å²) >= 11 is 1.70. The highest BCUT2D eigenvalue weighted by Gasteiger charge is 2.25. The maximum Gasteiger partial charge on any atom is 0.243 e. The number of benzene rings is 1. The summed E-state index contributed by atoms with van der Waals surface area (Å²) in [4.78, 5) is 10.2. The number of sulfonamides is 1. The maximum absolute atomic E-state index is 12.9. The first kappa shape index (κ1) is 25.0. The number of rotatable bonds is 7. The zero-order valence-electron chi connectivity index (χ0n) is 17.4. The largest absolute Gasteiger partial charge is 0.356 e. The number of thiazole rings is 1. The molecule has 1 aromatic carbocycles. The zero-order chi connectivity index (χ0) is 20.7. The minimum absolute atomic E-state index is 0. The van der Waals surface area contributed by atoms with E-state index < -0.39 is 10.0 Å². The normalized spacial score (nSPS) is 15.5. The van der Waals surface area contributed by atoms with Crippen LogP contribution in [0.1, 0.15) is 34.7 Å². The van der Waals surface area contributed by atoms with Crippen LogP contribution in [0.15, 0.2) is 40.4 Å². The van der Waals surface area contributed by atoms with E-state index in [0.717, 1.165) is 42.8 Å². The number of aromatic nitrogens is 1. The Morgan fingerprint density at radius 2 is 2.00 bits per heavy atom. The van der Waals surface area contributed by atoms with Crippen LogP contribution in [0.3, 0.4) is 0 Å². The number of aliphatic imine (C=N–C) groups is 1. The van der Waals surface area contributed by atoms with Gasteiger partial charge in [0.2, 0.25) is 10.0 Å². The molecule has 0 unspecified atom stereocenters. The molecule has 166 valence electrons. The van der Waals surface area contributed by atoms with Crippen LogP contribution < -0.4 is 10.6 Å². The van der Waals surface area contributed by atoms with E-state index in [1.165, 1.54) is 4.88 Å². The van der Waals surface area contributed by atoms with Gasteiger partial charge in [-0.3, -0.25) is 4.99 Å². The Morgan fingerprint density at radius 1 is 1.23 bits per heavy atom. The number of piperidine rings is 1. The van der Waals surface area contributed by atoms with Crippen molar-refractivity contribution >= 4 is 51.3 Å². The zero-order valence-corrected chi connectivity index (χ0v) is 21.4. The molecule has 2 heterocycles. The molecule has 1 fully saturated rings. The first-order chi connectivity index (χ1) is 14.0. The van der Waals surface area contributed by atoms with Crippen LogP contribution in [0.4, 0.5) is 0 Å². The monoisotopic (exact) mass is 563 g/mol. The number of hydrogen-bond acceptors (Lipinski definition) is 5. The quantitative estimate of drug-likeness (QED) is 0.307. The first-order valence-electron chi connectivity index (χ1n) is 9.94. The second-order valence-electron chi connectivity index (χ2n) is 7.08. The van der Waals surface area contributed by atoms with Gasteiger partial charge in [-0.25, -0.2) is 13.4 Å². The van der Waals surface area contributed by atoms with Crippen molar-refractivity contribution in [3.05, 3.63) is 45.9 Å². The molecule has 1 aliphatic rings. The van der Waals surface area contributed by atoms with Crippen LogP contribution >= 0.6 is 35.3 Å². The summed E-state index contributed by atoms with van der Waals surface area (Å²) in [5, 5.41) is 7.62. The second kappa shape index (κ2) is 12.0. The van der Waals surface area contributed by atoms with Gasteiger partial charge in [-0.2, -0.15) is 4.31 Å². The van der Waals surface area contributed by atoms with Crippen LogP contribution in [0.2, 0.25) is 0 Å². The van der Waals surface area contributed by atoms with E-state index in [9.17, 15) is 8.42 Å². The molecule has 2 aromatic rings. The minimum Gasteiger partial charge on any atom is -0.356 e. The average Bonchev–Trinajstić information content (AvgIpc) is 3.16. The van der Waals surface area contributed by atoms with Gasteiger partial charge in [-0.15, -0.1) is 35.3 Å². The van der Waals surface area contributed by atoms with E-state index in [0.29, 0.717) is 30.5 Å². The van der Waals surface area contributed by atoms with E-state index >= 15 is 0 Å². The van der Waals surface area contributed by atoms with Crippen molar-refractivity contribution in [2.45, 2.75) is 44.0 Å². The highest BCUT2D eigenvalue weighted by atomic mass is 127. The van der Waals surface area contributed by atoms with Crippen molar-refractivity contribution in [3.8, 4) is 0 Å². The standard InChI is InChI=1S/C20H29N5O2S2.HI/c1-16-14-23-19(28-16)9-10-22-20(21-2)24-15-17-7-6-8-18(13-17)29(26,27)25-11-4-3-5-12-25;/h6-8,13-14H,3-5,9-12,15H2,1-2H3,(H2,21,22,24);1H. The van der Waals surface area contributed by atoms with Gasteiger partial charge in [-0.05, 0) is 37.5 Å². The van der Waals surface area contributed by atoms with Crippen molar-refractivity contribution in [1.29, 1.82) is 0 Å². The Balaban J connectivity index is 0.00000320. The van der Waals surface area contributed by atoms with Gasteiger partial charge in [0, 0.05) is 50.7 Å². The molecule has 0 radical (unpaired) electrons. The summed E-state index contributed by atoms with van der Waals surface area (Å²) in [5.41, 5.74) is 0.904. The summed E-state index contributed by atoms with van der Waals surface area (Å²) in [6.45, 7) is 4.50. The number of hydrogen-bond donors (Lipinski definition) is 2. The number of guanidine groups is 1. The lowest BCUT2D eigenvalue weighted by Crippen LogP contribution is -2.38. The Morgan fingerprint density at radius 3 is 2.67 bits per heavy atom. The molecule has 0 aliphatic carbocycles. The predicted octanol–water partition coefficient (Wildman–Crippen LogP) is 3.15. The number of nitrogens with one attached hydrogen (secondary N) is 2. The molecule has 2 N–H and O–H groups in total. The molecule has 1 aromatic heterocycles. The first-order valence-corrected chi connectivity index (χ1v) is 12.2. The molecule has 7 nitrogen and oxygen atoms in total. The summed E-state index contributed by atoms with van der Waals surface area (Å²) in [7, 11) is -1.70. The molecular formula is C20H30IN5O2S2. The van der Waals surface area contributed by atoms with E-state index in [1.807, 2.05) is 12.3 Å². The van der Waals surface area contributed by atoms with Crippen molar-refractivity contribution in [2.24, 2.45) is 4.99 Å². The molecule has 0 bridgehead atoms. The van der Waals surface area contributed by atoms with E-state index in [2.05, 4.69) is 27.5 Å². The molecule has 0 saturated carbocycles. The molecule has 1 aliphatic heterocycles. The Hall–Kier alpha value is -1.24. The molecule has 10 heteroatoms. The van der Waals surface area contributed by atoms with Crippen LogP contribution in [0.5, 0.6) is 0 Å². The number of nitrogens with zero attached hydrogens (tertiary/aromatic N) is 3. The summed E-state index contributed by atoms with van der Waals surface area (Å²) in [6, 6.07) is 7.15. The minimum atomic E-state index is -3.42. The van der Waals surface area contributed by atoms with Gasteiger partial charge in [0.05, 0.1) is 9.90 Å². The average molecular weight is 564 g/mol. The molecule has 0 spiro atoms. The molecule has 0 amide bonds. The van der Waals surface area contributed by atoms with Crippen molar-refractivity contribution in [1.82, 2.24) is 19.9 Å². The molecular weight excluding hydrogens is 533 g/mol. The third-order valence-electron chi connectivity index (χ3n) is 4.84. The SMILES string of the molecule is CN=C(NCCc1ncc(C)s1)NCc1cccc(S(=O)(=O)N2CCCCC2)c1.I. The van der Waals surface area contributed by atoms with Gasteiger partial charge in [0.1, 0.15) is 0 Å². The number of aryl methyl sites for hydroxylation is 1. The predicted molar refractivity (Wildman–Crippen MR) is 133 cm³/mol. The van der Waals surface area contributed by atoms with Crippen LogP contribution in [0, 0.1) is 6.92 Å². The highest BCUT2D eigenvalue weighted by molar-refractivity contribution is 14.0. The summed E-state index contributed by atoms with van der Waals surface area (Å²) in [5.74, 6) is 0.683. The smallest absolute Gasteiger partial charge is 0.243 e. The van der Waals surface area contributed by atoms with Crippen molar-refractivity contribution in [2.75, 3.05) is 26.7 Å². The Labute approximate surface area is 200 Å². The Bertz CT molecular complexity index is 940. The van der Waals surface area contributed by atoms with Crippen molar-refractivity contribution in [3.63, 3.8) is 0 Å². The van der Waals surface area contributed by atoms with Gasteiger partial charge < -0.3 is 10.6 Å². The summed E-state index contributed by atoms with van der Waals surface area (Å²) < 4.78 is 27.4. The van der Waals surface area contributed by atoms with Crippen molar-refractivity contribution < 1.29 is 8.42 Å². The fourth-order valence-corrected chi connectivity index (χ4v) is 5.66. The van der Waals surface area contributed by atoms with E-state index in [4.69, 9.17) is 0 Å². The van der Waals surface area contributed by atoms with Crippen LogP contribution in [-0.2, 0) is 23.0 Å². The lowest BCUT2D eigenvalue weighted by molar-refractivity contribution is 0.346. The number of halogens is 1. The fraction of sp³-hybridized carbons (Fsp3) is 0.500. The lowest BCUT2D eigenvalue weighted by atomic mass is 10.2. The third-order valence-corrected chi connectivity index (χ3v) is 7.70. The Kier molecular flexibility index (Phi) is 9.98. The molecule has 1 saturated heterocycles. The van der Waals surface area contributed by atoms with Crippen LogP contribution in [-0.4, -0.2) is 50.3 Å². The second-order valence-corrected chi connectivity index (χ2v) is 10.3. The van der Waals surface area contributed by atoms with Gasteiger partial charge in [0.15, 0.2) is 5.96 Å². The fourth-order valence-electron chi connectivity index (χ4n) is 3.28. The van der Waals surface area contributed by atoms with Gasteiger partial charge in [0.25, 0.3) is 0 Å². The third kappa shape index (κ3) is 6.89. The van der Waals surface area contributed by atoms with E-state index in [1.54, 1.807) is 40.9 Å². The van der Waals surface area contributed by atoms with Crippen LogP contribution in [0.25, 0.3) is 0 Å². The maximum atomic E-state index is 12.9. The van der Waals surface area contributed by atoms with E-state index in [-0.39, 0.29) is 24.0 Å². The highest BCUT2D eigenvalue weighted by Crippen LogP contribution is 2.21. The van der Waals surface area contributed by atoms with Gasteiger partial charge >= 0.3 is 0 Å².